The van der Waals surface area contributed by atoms with Crippen molar-refractivity contribution in [3.8, 4) is 0 Å². The summed E-state index contributed by atoms with van der Waals surface area (Å²) < 4.78 is 0. The van der Waals surface area contributed by atoms with Crippen LogP contribution in [0.5, 0.6) is 0 Å². The van der Waals surface area contributed by atoms with Crippen LogP contribution in [-0.2, 0) is 17.8 Å². The van der Waals surface area contributed by atoms with Crippen LogP contribution in [0.15, 0.2) is 24.4 Å². The van der Waals surface area contributed by atoms with E-state index < -0.39 is 0 Å². The van der Waals surface area contributed by atoms with Crippen molar-refractivity contribution in [2.45, 2.75) is 51.5 Å². The minimum atomic E-state index is -0.257. The number of nitrogens with zero attached hydrogens (tertiary/aromatic N) is 3. The third kappa shape index (κ3) is 4.35. The van der Waals surface area contributed by atoms with Crippen LogP contribution in [-0.4, -0.2) is 33.2 Å². The number of carbonyl (C=O) groups is 2. The molecule has 0 unspecified atom stereocenters. The van der Waals surface area contributed by atoms with Crippen molar-refractivity contribution >= 4 is 28.3 Å². The van der Waals surface area contributed by atoms with Crippen molar-refractivity contribution in [1.29, 1.82) is 0 Å². The van der Waals surface area contributed by atoms with Gasteiger partial charge in [0.1, 0.15) is 5.69 Å². The molecule has 2 aliphatic rings. The lowest BCUT2D eigenvalue weighted by Crippen LogP contribution is -2.36. The molecular formula is C20H24N4O2S. The molecule has 0 saturated heterocycles. The van der Waals surface area contributed by atoms with Gasteiger partial charge < -0.3 is 4.90 Å². The number of aromatic nitrogens is 2. The molecule has 6 nitrogen and oxygen atoms in total. The number of hydrogen-bond acceptors (Lipinski definition) is 5. The lowest BCUT2D eigenvalue weighted by Gasteiger charge is -2.29. The fraction of sp³-hybridized carbons (Fsp3) is 0.500. The topological polar surface area (TPSA) is 75.2 Å². The second-order valence-corrected chi connectivity index (χ2v) is 8.42. The zero-order valence-corrected chi connectivity index (χ0v) is 16.1. The van der Waals surface area contributed by atoms with Gasteiger partial charge in [-0.2, -0.15) is 0 Å². The van der Waals surface area contributed by atoms with Crippen molar-refractivity contribution in [3.05, 3.63) is 40.7 Å². The maximum atomic E-state index is 12.7. The van der Waals surface area contributed by atoms with Crippen molar-refractivity contribution in [2.75, 3.05) is 11.9 Å². The lowest BCUT2D eigenvalue weighted by molar-refractivity contribution is -0.133. The summed E-state index contributed by atoms with van der Waals surface area (Å²) in [7, 11) is 0. The summed E-state index contributed by atoms with van der Waals surface area (Å²) in [6.07, 6.45) is 9.24. The summed E-state index contributed by atoms with van der Waals surface area (Å²) in [6, 6.07) is 5.23. The predicted molar refractivity (Wildman–Crippen MR) is 105 cm³/mol. The van der Waals surface area contributed by atoms with Crippen LogP contribution in [0.2, 0.25) is 0 Å². The van der Waals surface area contributed by atoms with Gasteiger partial charge in [-0.1, -0.05) is 36.7 Å². The fourth-order valence-electron chi connectivity index (χ4n) is 3.89. The fourth-order valence-corrected chi connectivity index (χ4v) is 4.91. The van der Waals surface area contributed by atoms with Gasteiger partial charge in [0, 0.05) is 30.5 Å². The molecule has 2 aromatic heterocycles. The predicted octanol–water partition coefficient (Wildman–Crippen LogP) is 3.65. The number of anilines is 1. The van der Waals surface area contributed by atoms with Crippen LogP contribution in [0, 0.1) is 5.92 Å². The Kier molecular flexibility index (Phi) is 5.48. The molecule has 3 heterocycles. The van der Waals surface area contributed by atoms with Gasteiger partial charge in [0.15, 0.2) is 5.13 Å². The molecule has 0 bridgehead atoms. The minimum Gasteiger partial charge on any atom is -0.337 e. The Labute approximate surface area is 163 Å². The van der Waals surface area contributed by atoms with Gasteiger partial charge in [0.25, 0.3) is 5.91 Å². The van der Waals surface area contributed by atoms with E-state index in [9.17, 15) is 9.59 Å². The standard InChI is InChI=1S/C20H24N4O2S/c25-18(12-14-6-2-1-3-7-14)24-11-9-15-17(13-24)27-20(22-15)23-19(26)16-8-4-5-10-21-16/h4-5,8,10,14H,1-3,6-7,9,11-13H2,(H,22,23,26). The first-order valence-electron chi connectivity index (χ1n) is 9.68. The van der Waals surface area contributed by atoms with Gasteiger partial charge in [-0.25, -0.2) is 4.98 Å². The second-order valence-electron chi connectivity index (χ2n) is 7.33. The molecule has 1 N–H and O–H groups in total. The number of pyridine rings is 1. The van der Waals surface area contributed by atoms with Gasteiger partial charge in [0.05, 0.1) is 12.2 Å². The molecule has 0 aromatic carbocycles. The van der Waals surface area contributed by atoms with Crippen LogP contribution in [0.1, 0.15) is 59.6 Å². The molecule has 7 heteroatoms. The number of rotatable bonds is 4. The lowest BCUT2D eigenvalue weighted by atomic mass is 9.86. The first kappa shape index (κ1) is 18.1. The van der Waals surface area contributed by atoms with E-state index >= 15 is 0 Å². The molecule has 0 atom stereocenters. The van der Waals surface area contributed by atoms with Crippen LogP contribution in [0.25, 0.3) is 0 Å². The first-order valence-corrected chi connectivity index (χ1v) is 10.5. The van der Waals surface area contributed by atoms with E-state index in [1.807, 2.05) is 4.90 Å². The van der Waals surface area contributed by atoms with E-state index in [4.69, 9.17) is 0 Å². The zero-order chi connectivity index (χ0) is 18.6. The van der Waals surface area contributed by atoms with Gasteiger partial charge in [-0.15, -0.1) is 0 Å². The highest BCUT2D eigenvalue weighted by Gasteiger charge is 2.26. The Morgan fingerprint density at radius 3 is 2.85 bits per heavy atom. The molecule has 2 amide bonds. The van der Waals surface area contributed by atoms with Crippen molar-refractivity contribution in [1.82, 2.24) is 14.9 Å². The van der Waals surface area contributed by atoms with Crippen molar-refractivity contribution in [2.24, 2.45) is 5.92 Å². The summed E-state index contributed by atoms with van der Waals surface area (Å²) in [6.45, 7) is 1.33. The summed E-state index contributed by atoms with van der Waals surface area (Å²) in [4.78, 5) is 36.6. The number of nitrogens with one attached hydrogen (secondary N) is 1. The third-order valence-electron chi connectivity index (χ3n) is 5.39. The van der Waals surface area contributed by atoms with Crippen LogP contribution < -0.4 is 5.32 Å². The smallest absolute Gasteiger partial charge is 0.276 e. The molecule has 1 fully saturated rings. The quantitative estimate of drug-likeness (QED) is 0.873. The molecule has 2 aromatic rings. The average molecular weight is 385 g/mol. The number of fused-ring (bicyclic) bond motifs is 1. The molecule has 1 saturated carbocycles. The Balaban J connectivity index is 1.37. The van der Waals surface area contributed by atoms with Gasteiger partial charge in [0.2, 0.25) is 5.91 Å². The Hall–Kier alpha value is -2.28. The molecule has 4 rings (SSSR count). The van der Waals surface area contributed by atoms with Crippen LogP contribution >= 0.6 is 11.3 Å². The van der Waals surface area contributed by atoms with E-state index in [2.05, 4.69) is 15.3 Å². The zero-order valence-electron chi connectivity index (χ0n) is 15.3. The average Bonchev–Trinajstić information content (AvgIpc) is 3.10. The van der Waals surface area contributed by atoms with Crippen LogP contribution in [0.3, 0.4) is 0 Å². The summed E-state index contributed by atoms with van der Waals surface area (Å²) >= 11 is 1.46. The van der Waals surface area contributed by atoms with Crippen molar-refractivity contribution < 1.29 is 9.59 Å². The van der Waals surface area contributed by atoms with E-state index in [-0.39, 0.29) is 11.8 Å². The Morgan fingerprint density at radius 1 is 1.22 bits per heavy atom. The summed E-state index contributed by atoms with van der Waals surface area (Å²) in [5.74, 6) is 0.564. The number of hydrogen-bond donors (Lipinski definition) is 1. The highest BCUT2D eigenvalue weighted by atomic mass is 32.1. The maximum Gasteiger partial charge on any atom is 0.276 e. The molecular weight excluding hydrogens is 360 g/mol. The van der Waals surface area contributed by atoms with Gasteiger partial charge >= 0.3 is 0 Å². The molecule has 0 radical (unpaired) electrons. The maximum absolute atomic E-state index is 12.7. The van der Waals surface area contributed by atoms with Crippen molar-refractivity contribution in [3.63, 3.8) is 0 Å². The summed E-state index contributed by atoms with van der Waals surface area (Å²) in [5, 5.41) is 3.41. The van der Waals surface area contributed by atoms with Crippen LogP contribution in [0.4, 0.5) is 5.13 Å². The molecule has 142 valence electrons. The minimum absolute atomic E-state index is 0.257. The molecule has 1 aliphatic heterocycles. The molecule has 1 aliphatic carbocycles. The van der Waals surface area contributed by atoms with Gasteiger partial charge in [-0.05, 0) is 30.9 Å². The van der Waals surface area contributed by atoms with Gasteiger partial charge in [-0.3, -0.25) is 19.9 Å². The Bertz CT molecular complexity index is 815. The molecule has 27 heavy (non-hydrogen) atoms. The second kappa shape index (κ2) is 8.17. The van der Waals surface area contributed by atoms with E-state index in [1.54, 1.807) is 24.4 Å². The highest BCUT2D eigenvalue weighted by molar-refractivity contribution is 7.15. The SMILES string of the molecule is O=C(Nc1nc2c(s1)CN(C(=O)CC1CCCCC1)CC2)c1ccccn1. The Morgan fingerprint density at radius 2 is 2.07 bits per heavy atom. The van der Waals surface area contributed by atoms with E-state index in [1.165, 1.54) is 43.4 Å². The number of amides is 2. The largest absolute Gasteiger partial charge is 0.337 e. The first-order chi connectivity index (χ1) is 13.2. The van der Waals surface area contributed by atoms with E-state index in [0.717, 1.165) is 23.5 Å². The monoisotopic (exact) mass is 384 g/mol. The summed E-state index contributed by atoms with van der Waals surface area (Å²) in [5.41, 5.74) is 1.37. The van der Waals surface area contributed by atoms with E-state index in [0.29, 0.717) is 29.7 Å². The number of thiazole rings is 1. The number of carbonyl (C=O) groups excluding carboxylic acids is 2. The third-order valence-corrected chi connectivity index (χ3v) is 6.39. The molecule has 0 spiro atoms. The highest BCUT2D eigenvalue weighted by Crippen LogP contribution is 2.31. The normalized spacial score (nSPS) is 17.4.